The Labute approximate surface area is 175 Å². The number of sulfonamides is 1. The Morgan fingerprint density at radius 3 is 2.87 bits per heavy atom. The predicted molar refractivity (Wildman–Crippen MR) is 108 cm³/mol. The van der Waals surface area contributed by atoms with Gasteiger partial charge in [0.25, 0.3) is 0 Å². The van der Waals surface area contributed by atoms with Crippen molar-refractivity contribution in [2.24, 2.45) is 5.92 Å². The van der Waals surface area contributed by atoms with Gasteiger partial charge in [-0.1, -0.05) is 5.16 Å². The summed E-state index contributed by atoms with van der Waals surface area (Å²) in [5.41, 5.74) is 0.747. The maximum atomic E-state index is 13.1. The van der Waals surface area contributed by atoms with Crippen molar-refractivity contribution >= 4 is 21.6 Å². The van der Waals surface area contributed by atoms with Gasteiger partial charge in [0, 0.05) is 26.4 Å². The van der Waals surface area contributed by atoms with E-state index in [0.29, 0.717) is 49.9 Å². The Morgan fingerprint density at radius 1 is 1.37 bits per heavy atom. The van der Waals surface area contributed by atoms with E-state index >= 15 is 0 Å². The monoisotopic (exact) mass is 438 g/mol. The van der Waals surface area contributed by atoms with Crippen molar-refractivity contribution in [1.29, 1.82) is 0 Å². The van der Waals surface area contributed by atoms with E-state index in [9.17, 15) is 13.2 Å². The molecule has 30 heavy (non-hydrogen) atoms. The summed E-state index contributed by atoms with van der Waals surface area (Å²) >= 11 is 0. The van der Waals surface area contributed by atoms with E-state index in [-0.39, 0.29) is 23.1 Å². The molecule has 1 aliphatic heterocycles. The first-order valence-corrected chi connectivity index (χ1v) is 11.1. The van der Waals surface area contributed by atoms with Crippen molar-refractivity contribution in [3.8, 4) is 5.88 Å². The minimum atomic E-state index is -3.80. The number of nitrogens with one attached hydrogen (secondary N) is 1. The number of methoxy groups -OCH3 is 1. The van der Waals surface area contributed by atoms with E-state index in [1.807, 2.05) is 0 Å². The van der Waals surface area contributed by atoms with Gasteiger partial charge in [0.2, 0.25) is 21.8 Å². The van der Waals surface area contributed by atoms with Gasteiger partial charge in [-0.2, -0.15) is 4.31 Å². The number of anilines is 1. The Kier molecular flexibility index (Phi) is 7.06. The number of aryl methyl sites for hydroxylation is 2. The second-order valence-corrected chi connectivity index (χ2v) is 8.92. The number of piperidine rings is 1. The Bertz CT molecular complexity index is 971. The number of hydrogen-bond donors (Lipinski definition) is 1. The lowest BCUT2D eigenvalue weighted by atomic mass is 9.99. The molecule has 164 valence electrons. The van der Waals surface area contributed by atoms with Gasteiger partial charge in [-0.05, 0) is 38.8 Å². The number of rotatable bonds is 8. The lowest BCUT2D eigenvalue weighted by Gasteiger charge is -2.31. The first-order valence-electron chi connectivity index (χ1n) is 9.65. The molecule has 3 heterocycles. The zero-order valence-electron chi connectivity index (χ0n) is 17.3. The molecule has 2 aromatic rings. The third kappa shape index (κ3) is 4.79. The van der Waals surface area contributed by atoms with Crippen molar-refractivity contribution in [3.63, 3.8) is 0 Å². The molecule has 0 aromatic carbocycles. The van der Waals surface area contributed by atoms with Gasteiger partial charge >= 0.3 is 0 Å². The van der Waals surface area contributed by atoms with Crippen molar-refractivity contribution < 1.29 is 27.2 Å². The average molecular weight is 439 g/mol. The van der Waals surface area contributed by atoms with Crippen molar-refractivity contribution in [1.82, 2.24) is 14.4 Å². The van der Waals surface area contributed by atoms with Crippen molar-refractivity contribution in [2.75, 3.05) is 38.7 Å². The number of hydrogen-bond acceptors (Lipinski definition) is 8. The van der Waals surface area contributed by atoms with Gasteiger partial charge < -0.3 is 19.3 Å². The number of aromatic nitrogens is 2. The van der Waals surface area contributed by atoms with Gasteiger partial charge in [0.1, 0.15) is 22.9 Å². The van der Waals surface area contributed by atoms with Crippen LogP contribution in [0.3, 0.4) is 0 Å². The fourth-order valence-electron chi connectivity index (χ4n) is 3.40. The topological polar surface area (TPSA) is 124 Å². The van der Waals surface area contributed by atoms with Gasteiger partial charge in [-0.15, -0.1) is 0 Å². The molecule has 11 heteroatoms. The quantitative estimate of drug-likeness (QED) is 0.618. The molecule has 1 amide bonds. The van der Waals surface area contributed by atoms with Gasteiger partial charge in [-0.3, -0.25) is 4.79 Å². The second kappa shape index (κ2) is 9.54. The van der Waals surface area contributed by atoms with Crippen LogP contribution in [-0.4, -0.2) is 62.2 Å². The van der Waals surface area contributed by atoms with E-state index in [2.05, 4.69) is 15.5 Å². The Morgan fingerprint density at radius 2 is 2.17 bits per heavy atom. The highest BCUT2D eigenvalue weighted by atomic mass is 32.2. The number of carbonyl (C=O) groups is 1. The minimum Gasteiger partial charge on any atom is -0.474 e. The summed E-state index contributed by atoms with van der Waals surface area (Å²) in [5.74, 6) is -0.245. The molecule has 1 saturated heterocycles. The summed E-state index contributed by atoms with van der Waals surface area (Å²) in [6.45, 7) is 4.26. The van der Waals surface area contributed by atoms with Gasteiger partial charge in [0.05, 0.1) is 12.5 Å². The summed E-state index contributed by atoms with van der Waals surface area (Å²) in [6, 6.07) is 3.38. The third-order valence-corrected chi connectivity index (χ3v) is 6.99. The molecular weight excluding hydrogens is 412 g/mol. The van der Waals surface area contributed by atoms with Crippen LogP contribution in [0.15, 0.2) is 27.7 Å². The molecule has 0 aliphatic carbocycles. The fraction of sp³-hybridized carbons (Fsp3) is 0.526. The average Bonchev–Trinajstić information content (AvgIpc) is 3.08. The van der Waals surface area contributed by atoms with Crippen LogP contribution >= 0.6 is 0 Å². The highest BCUT2D eigenvalue weighted by molar-refractivity contribution is 7.89. The normalized spacial score (nSPS) is 17.6. The predicted octanol–water partition coefficient (Wildman–Crippen LogP) is 1.75. The van der Waals surface area contributed by atoms with Crippen LogP contribution in [0.2, 0.25) is 0 Å². The van der Waals surface area contributed by atoms with Crippen LogP contribution in [0, 0.1) is 19.8 Å². The number of ether oxygens (including phenoxy) is 2. The number of carbonyl (C=O) groups excluding carboxylic acids is 1. The van der Waals surface area contributed by atoms with Crippen LogP contribution in [0.1, 0.15) is 24.3 Å². The second-order valence-electron chi connectivity index (χ2n) is 7.04. The number of pyridine rings is 1. The SMILES string of the molecule is COCCOc1ncccc1NC(=O)C1CCCN(S(=O)(=O)c2c(C)noc2C)C1. The third-order valence-electron chi connectivity index (χ3n) is 4.88. The molecule has 3 rings (SSSR count). The molecule has 1 atom stereocenters. The lowest BCUT2D eigenvalue weighted by Crippen LogP contribution is -2.44. The molecule has 0 spiro atoms. The molecule has 1 aliphatic rings. The van der Waals surface area contributed by atoms with E-state index < -0.39 is 15.9 Å². The van der Waals surface area contributed by atoms with E-state index in [4.69, 9.17) is 14.0 Å². The first kappa shape index (κ1) is 22.2. The molecule has 0 radical (unpaired) electrons. The van der Waals surface area contributed by atoms with E-state index in [0.717, 1.165) is 0 Å². The van der Waals surface area contributed by atoms with Crippen LogP contribution < -0.4 is 10.1 Å². The molecule has 2 aromatic heterocycles. The molecule has 0 bridgehead atoms. The largest absolute Gasteiger partial charge is 0.474 e. The summed E-state index contributed by atoms with van der Waals surface area (Å²) in [7, 11) is -2.23. The highest BCUT2D eigenvalue weighted by Crippen LogP contribution is 2.29. The molecule has 10 nitrogen and oxygen atoms in total. The zero-order valence-corrected chi connectivity index (χ0v) is 18.1. The Hall–Kier alpha value is -2.50. The van der Waals surface area contributed by atoms with Crippen molar-refractivity contribution in [3.05, 3.63) is 29.8 Å². The van der Waals surface area contributed by atoms with E-state index in [1.165, 1.54) is 4.31 Å². The molecule has 0 saturated carbocycles. The van der Waals surface area contributed by atoms with Crippen LogP contribution in [-0.2, 0) is 19.6 Å². The smallest absolute Gasteiger partial charge is 0.248 e. The zero-order chi connectivity index (χ0) is 21.7. The minimum absolute atomic E-state index is 0.0737. The lowest BCUT2D eigenvalue weighted by molar-refractivity contribution is -0.120. The summed E-state index contributed by atoms with van der Waals surface area (Å²) in [4.78, 5) is 17.1. The number of nitrogens with zero attached hydrogens (tertiary/aromatic N) is 3. The van der Waals surface area contributed by atoms with Crippen molar-refractivity contribution in [2.45, 2.75) is 31.6 Å². The maximum absolute atomic E-state index is 13.1. The molecule has 1 fully saturated rings. The number of amides is 1. The van der Waals surface area contributed by atoms with Crippen LogP contribution in [0.4, 0.5) is 5.69 Å². The standard InChI is InChI=1S/C19H26N4O6S/c1-13-17(14(2)29-22-13)30(25,26)23-9-5-6-15(12-23)18(24)21-16-7-4-8-20-19(16)28-11-10-27-3/h4,7-8,15H,5-6,9-12H2,1-3H3,(H,21,24). The summed E-state index contributed by atoms with van der Waals surface area (Å²) in [6.07, 6.45) is 2.72. The van der Waals surface area contributed by atoms with Crippen LogP contribution in [0.25, 0.3) is 0 Å². The molecular formula is C19H26N4O6S. The first-order chi connectivity index (χ1) is 14.3. The summed E-state index contributed by atoms with van der Waals surface area (Å²) < 4.78 is 43.0. The van der Waals surface area contributed by atoms with Gasteiger partial charge in [0.15, 0.2) is 5.76 Å². The Balaban J connectivity index is 1.71. The maximum Gasteiger partial charge on any atom is 0.248 e. The van der Waals surface area contributed by atoms with E-state index in [1.54, 1.807) is 39.3 Å². The molecule has 1 N–H and O–H groups in total. The van der Waals surface area contributed by atoms with Gasteiger partial charge in [-0.25, -0.2) is 13.4 Å². The summed E-state index contributed by atoms with van der Waals surface area (Å²) in [5, 5.41) is 6.55. The van der Waals surface area contributed by atoms with Crippen LogP contribution in [0.5, 0.6) is 5.88 Å². The fourth-order valence-corrected chi connectivity index (χ4v) is 5.22. The highest BCUT2D eigenvalue weighted by Gasteiger charge is 2.36. The molecule has 1 unspecified atom stereocenters.